The van der Waals surface area contributed by atoms with Crippen LogP contribution < -0.4 is 0 Å². The number of amides is 1. The third-order valence-corrected chi connectivity index (χ3v) is 4.12. The van der Waals surface area contributed by atoms with Crippen LogP contribution in [-0.4, -0.2) is 29.3 Å². The van der Waals surface area contributed by atoms with E-state index in [2.05, 4.69) is 0 Å². The number of furan rings is 1. The van der Waals surface area contributed by atoms with E-state index < -0.39 is 0 Å². The van der Waals surface area contributed by atoms with Gasteiger partial charge in [0.25, 0.3) is 5.91 Å². The molecule has 1 fully saturated rings. The highest BCUT2D eigenvalue weighted by molar-refractivity contribution is 6.32. The van der Waals surface area contributed by atoms with Gasteiger partial charge in [-0.1, -0.05) is 12.8 Å². The molecule has 2 unspecified atom stereocenters. The predicted octanol–water partition coefficient (Wildman–Crippen LogP) is 3.56. The summed E-state index contributed by atoms with van der Waals surface area (Å²) in [4.78, 5) is 13.9. The van der Waals surface area contributed by atoms with Crippen LogP contribution in [0.15, 0.2) is 16.7 Å². The van der Waals surface area contributed by atoms with Crippen molar-refractivity contribution in [2.45, 2.75) is 37.1 Å². The molecule has 94 valence electrons. The Bertz CT molecular complexity index is 405. The molecular weight excluding hydrogens is 261 g/mol. The van der Waals surface area contributed by atoms with Crippen LogP contribution in [0.3, 0.4) is 0 Å². The largest absolute Gasteiger partial charge is 0.452 e. The third kappa shape index (κ3) is 2.61. The van der Waals surface area contributed by atoms with Gasteiger partial charge in [0, 0.05) is 13.1 Å². The third-order valence-electron chi connectivity index (χ3n) is 3.31. The number of alkyl halides is 1. The predicted molar refractivity (Wildman–Crippen MR) is 67.7 cm³/mol. The number of carbonyl (C=O) groups is 1. The van der Waals surface area contributed by atoms with Crippen LogP contribution in [-0.2, 0) is 0 Å². The Kier molecular flexibility index (Phi) is 4.00. The summed E-state index contributed by atoms with van der Waals surface area (Å²) in [5, 5.41) is 0.173. The van der Waals surface area contributed by atoms with Crippen molar-refractivity contribution >= 4 is 29.1 Å². The van der Waals surface area contributed by atoms with Gasteiger partial charge in [0.1, 0.15) is 0 Å². The summed E-state index contributed by atoms with van der Waals surface area (Å²) in [6.45, 7) is 0. The first kappa shape index (κ1) is 12.8. The molecule has 2 rings (SSSR count). The fourth-order valence-electron chi connectivity index (χ4n) is 2.29. The van der Waals surface area contributed by atoms with Crippen LogP contribution in [0.5, 0.6) is 0 Å². The average Bonchev–Trinajstić information content (AvgIpc) is 2.74. The van der Waals surface area contributed by atoms with E-state index in [0.717, 1.165) is 25.7 Å². The lowest BCUT2D eigenvalue weighted by Crippen LogP contribution is -2.44. The maximum absolute atomic E-state index is 12.2. The SMILES string of the molecule is CN(C(=O)c1ccoc1Cl)C1CCCCC1Cl. The van der Waals surface area contributed by atoms with Crippen molar-refractivity contribution in [3.8, 4) is 0 Å². The number of halogens is 2. The Hall–Kier alpha value is -0.670. The Balaban J connectivity index is 2.11. The summed E-state index contributed by atoms with van der Waals surface area (Å²) in [6, 6.07) is 1.68. The Labute approximate surface area is 111 Å². The minimum Gasteiger partial charge on any atom is -0.452 e. The van der Waals surface area contributed by atoms with E-state index in [1.807, 2.05) is 0 Å². The molecule has 1 aliphatic rings. The molecule has 0 bridgehead atoms. The molecule has 1 heterocycles. The molecule has 1 aromatic rings. The number of hydrogen-bond acceptors (Lipinski definition) is 2. The topological polar surface area (TPSA) is 33.5 Å². The number of carbonyl (C=O) groups excluding carboxylic acids is 1. The minimum absolute atomic E-state index is 0.0309. The van der Waals surface area contributed by atoms with Crippen LogP contribution in [0.1, 0.15) is 36.0 Å². The van der Waals surface area contributed by atoms with Crippen LogP contribution in [0.4, 0.5) is 0 Å². The average molecular weight is 276 g/mol. The lowest BCUT2D eigenvalue weighted by molar-refractivity contribution is 0.0700. The monoisotopic (exact) mass is 275 g/mol. The molecule has 0 aromatic carbocycles. The molecule has 0 aliphatic heterocycles. The Morgan fingerprint density at radius 2 is 2.18 bits per heavy atom. The molecule has 17 heavy (non-hydrogen) atoms. The van der Waals surface area contributed by atoms with Crippen molar-refractivity contribution in [3.63, 3.8) is 0 Å². The summed E-state index contributed by atoms with van der Waals surface area (Å²) < 4.78 is 4.93. The first-order valence-corrected chi connectivity index (χ1v) is 6.57. The molecule has 0 radical (unpaired) electrons. The molecule has 1 aliphatic carbocycles. The van der Waals surface area contributed by atoms with E-state index in [-0.39, 0.29) is 22.5 Å². The van der Waals surface area contributed by atoms with Crippen molar-refractivity contribution < 1.29 is 9.21 Å². The highest BCUT2D eigenvalue weighted by atomic mass is 35.5. The van der Waals surface area contributed by atoms with Crippen LogP contribution in [0.2, 0.25) is 5.22 Å². The minimum atomic E-state index is -0.124. The van der Waals surface area contributed by atoms with Crippen molar-refractivity contribution in [3.05, 3.63) is 23.1 Å². The van der Waals surface area contributed by atoms with E-state index in [4.69, 9.17) is 27.6 Å². The Morgan fingerprint density at radius 1 is 1.47 bits per heavy atom. The highest BCUT2D eigenvalue weighted by Crippen LogP contribution is 2.28. The van der Waals surface area contributed by atoms with Crippen LogP contribution in [0, 0.1) is 0 Å². The standard InChI is InChI=1S/C12H15Cl2NO2/c1-15(10-5-3-2-4-9(10)13)12(16)8-6-7-17-11(8)14/h6-7,9-10H,2-5H2,1H3. The zero-order valence-electron chi connectivity index (χ0n) is 9.66. The van der Waals surface area contributed by atoms with Gasteiger partial charge in [-0.15, -0.1) is 11.6 Å². The van der Waals surface area contributed by atoms with E-state index >= 15 is 0 Å². The molecule has 3 nitrogen and oxygen atoms in total. The van der Waals surface area contributed by atoms with Gasteiger partial charge in [-0.05, 0) is 30.5 Å². The van der Waals surface area contributed by atoms with Crippen molar-refractivity contribution in [1.29, 1.82) is 0 Å². The van der Waals surface area contributed by atoms with E-state index in [1.165, 1.54) is 6.26 Å². The lowest BCUT2D eigenvalue weighted by Gasteiger charge is -2.34. The van der Waals surface area contributed by atoms with Gasteiger partial charge in [0.2, 0.25) is 5.22 Å². The Morgan fingerprint density at radius 3 is 2.76 bits per heavy atom. The first-order valence-electron chi connectivity index (χ1n) is 5.75. The zero-order chi connectivity index (χ0) is 12.4. The molecule has 5 heteroatoms. The van der Waals surface area contributed by atoms with Gasteiger partial charge in [-0.25, -0.2) is 0 Å². The smallest absolute Gasteiger partial charge is 0.258 e. The first-order chi connectivity index (χ1) is 8.11. The van der Waals surface area contributed by atoms with Crippen molar-refractivity contribution in [2.75, 3.05) is 7.05 Å². The summed E-state index contributed by atoms with van der Waals surface area (Å²) >= 11 is 12.1. The summed E-state index contributed by atoms with van der Waals surface area (Å²) in [5.41, 5.74) is 0.406. The molecule has 0 spiro atoms. The normalized spacial score (nSPS) is 24.6. The second-order valence-corrected chi connectivity index (χ2v) is 5.30. The fourth-order valence-corrected chi connectivity index (χ4v) is 2.93. The van der Waals surface area contributed by atoms with Gasteiger partial charge in [0.15, 0.2) is 0 Å². The van der Waals surface area contributed by atoms with Crippen molar-refractivity contribution in [1.82, 2.24) is 4.90 Å². The fraction of sp³-hybridized carbons (Fsp3) is 0.583. The van der Waals surface area contributed by atoms with E-state index in [0.29, 0.717) is 5.56 Å². The number of hydrogen-bond donors (Lipinski definition) is 0. The number of nitrogens with zero attached hydrogens (tertiary/aromatic N) is 1. The lowest BCUT2D eigenvalue weighted by atomic mass is 9.93. The van der Waals surface area contributed by atoms with E-state index in [1.54, 1.807) is 18.0 Å². The molecule has 1 saturated carbocycles. The molecule has 1 amide bonds. The molecular formula is C12H15Cl2NO2. The van der Waals surface area contributed by atoms with Crippen LogP contribution in [0.25, 0.3) is 0 Å². The second kappa shape index (κ2) is 5.32. The number of rotatable bonds is 2. The highest BCUT2D eigenvalue weighted by Gasteiger charge is 2.31. The molecule has 0 N–H and O–H groups in total. The van der Waals surface area contributed by atoms with Gasteiger partial charge in [0.05, 0.1) is 17.2 Å². The summed E-state index contributed by atoms with van der Waals surface area (Å²) in [5.74, 6) is -0.124. The molecule has 2 atom stereocenters. The van der Waals surface area contributed by atoms with Gasteiger partial charge in [-0.2, -0.15) is 0 Å². The summed E-state index contributed by atoms with van der Waals surface area (Å²) in [7, 11) is 1.77. The quantitative estimate of drug-likeness (QED) is 0.774. The van der Waals surface area contributed by atoms with E-state index in [9.17, 15) is 4.79 Å². The second-order valence-electron chi connectivity index (χ2n) is 4.39. The molecule has 0 saturated heterocycles. The van der Waals surface area contributed by atoms with Crippen LogP contribution >= 0.6 is 23.2 Å². The van der Waals surface area contributed by atoms with Gasteiger partial charge >= 0.3 is 0 Å². The van der Waals surface area contributed by atoms with Gasteiger partial charge < -0.3 is 9.32 Å². The maximum Gasteiger partial charge on any atom is 0.258 e. The molecule has 1 aromatic heterocycles. The summed E-state index contributed by atoms with van der Waals surface area (Å²) in [6.07, 6.45) is 5.58. The van der Waals surface area contributed by atoms with Gasteiger partial charge in [-0.3, -0.25) is 4.79 Å². The van der Waals surface area contributed by atoms with Crippen molar-refractivity contribution in [2.24, 2.45) is 0 Å². The maximum atomic E-state index is 12.2. The zero-order valence-corrected chi connectivity index (χ0v) is 11.2.